The Labute approximate surface area is 497 Å². The first kappa shape index (κ1) is 70.7. The van der Waals surface area contributed by atoms with Crippen molar-refractivity contribution in [2.75, 3.05) is 52.7 Å². The van der Waals surface area contributed by atoms with Crippen LogP contribution >= 0.6 is 0 Å². The topological polar surface area (TPSA) is 645 Å². The Morgan fingerprint density at radius 1 is 0.170 bits per heavy atom. The van der Waals surface area contributed by atoms with Crippen molar-refractivity contribution in [1.82, 2.24) is 0 Å². The van der Waals surface area contributed by atoms with E-state index < -0.39 is 298 Å². The first-order chi connectivity index (χ1) is 41.9. The molecule has 40 atom stereocenters. The molecule has 0 amide bonds. The minimum absolute atomic E-state index is 0.575. The first-order valence-corrected chi connectivity index (χ1v) is 28.3. The molecule has 16 bridgehead atoms. The summed E-state index contributed by atoms with van der Waals surface area (Å²) in [5.41, 5.74) is 11.9. The number of hydrogen-bond acceptors (Lipinski definition) is 40. The molecule has 40 heteroatoms. The maximum absolute atomic E-state index is 11.5. The van der Waals surface area contributed by atoms with E-state index in [0.717, 1.165) is 0 Å². The number of nitrogens with two attached hydrogens (primary N) is 2. The fourth-order valence-electron chi connectivity index (χ4n) is 12.0. The van der Waals surface area contributed by atoms with Gasteiger partial charge in [-0.3, -0.25) is 0 Å². The van der Waals surface area contributed by atoms with Gasteiger partial charge in [0, 0.05) is 13.1 Å². The molecule has 0 aromatic carbocycles. The highest BCUT2D eigenvalue weighted by atomic mass is 16.8. The molecule has 30 aliphatic heterocycles. The van der Waals surface area contributed by atoms with Crippen molar-refractivity contribution in [1.29, 1.82) is 0 Å². The first-order valence-electron chi connectivity index (χ1n) is 28.3. The molecule has 30 fully saturated rings. The third-order valence-corrected chi connectivity index (χ3v) is 17.0. The summed E-state index contributed by atoms with van der Waals surface area (Å²) in [6.45, 7) is -7.47. The Bertz CT molecular complexity index is 1720. The van der Waals surface area contributed by atoms with Gasteiger partial charge in [-0.1, -0.05) is 0 Å². The van der Waals surface area contributed by atoms with Crippen LogP contribution < -0.4 is 11.5 Å². The van der Waals surface area contributed by atoms with E-state index in [-0.39, 0.29) is 0 Å². The minimum atomic E-state index is -2.23. The summed E-state index contributed by atoms with van der Waals surface area (Å²) in [6.07, 6.45) is -79.8. The molecule has 0 aliphatic carbocycles. The maximum Gasteiger partial charge on any atom is 0.187 e. The Balaban J connectivity index is 0.975. The van der Waals surface area contributed by atoms with E-state index in [2.05, 4.69) is 0 Å². The molecule has 0 radical (unpaired) electrons. The molecule has 0 aromatic heterocycles. The third kappa shape index (κ3) is 13.8. The summed E-state index contributed by atoms with van der Waals surface area (Å²) < 4.78 is 91.9. The molecular weight excluding hydrogens is 1210 g/mol. The predicted molar refractivity (Wildman–Crippen MR) is 265 cm³/mol. The fourth-order valence-corrected chi connectivity index (χ4v) is 12.0. The average Bonchev–Trinajstić information content (AvgIpc) is 1.09. The normalized spacial score (nSPS) is 55.4. The van der Waals surface area contributed by atoms with Gasteiger partial charge in [0.2, 0.25) is 0 Å². The number of aliphatic hydroxyl groups excluding tert-OH is 22. The van der Waals surface area contributed by atoms with Gasteiger partial charge in [-0.25, -0.2) is 0 Å². The largest absolute Gasteiger partial charge is 0.394 e. The number of ether oxygens (including phenoxy) is 16. The molecule has 0 aromatic rings. The van der Waals surface area contributed by atoms with Crippen molar-refractivity contribution in [2.24, 2.45) is 11.5 Å². The molecule has 512 valence electrons. The second-order valence-electron chi connectivity index (χ2n) is 22.6. The molecule has 40 nitrogen and oxygen atoms in total. The molecule has 30 heterocycles. The Hall–Kier alpha value is -1.60. The van der Waals surface area contributed by atoms with Crippen LogP contribution in [0.4, 0.5) is 0 Å². The van der Waals surface area contributed by atoms with Gasteiger partial charge in [0.15, 0.2) is 50.3 Å². The average molecular weight is 1300 g/mol. The lowest BCUT2D eigenvalue weighted by Gasteiger charge is -2.50. The van der Waals surface area contributed by atoms with Gasteiger partial charge < -0.3 is 200 Å². The van der Waals surface area contributed by atoms with Gasteiger partial charge in [-0.2, -0.15) is 0 Å². The molecule has 0 saturated carbocycles. The van der Waals surface area contributed by atoms with E-state index in [4.69, 9.17) is 87.3 Å². The van der Waals surface area contributed by atoms with Crippen molar-refractivity contribution >= 4 is 0 Å². The fraction of sp³-hybridized carbons (Fsp3) is 1.00. The number of hydrogen-bond donors (Lipinski definition) is 24. The van der Waals surface area contributed by atoms with E-state index >= 15 is 0 Å². The molecule has 26 N–H and O–H groups in total. The second kappa shape index (κ2) is 30.0. The van der Waals surface area contributed by atoms with E-state index in [1.807, 2.05) is 0 Å². The summed E-state index contributed by atoms with van der Waals surface area (Å²) in [5.74, 6) is 0. The smallest absolute Gasteiger partial charge is 0.187 e. The lowest BCUT2D eigenvalue weighted by Crippen LogP contribution is -2.69. The number of rotatable bonds is 8. The van der Waals surface area contributed by atoms with E-state index in [1.165, 1.54) is 0 Å². The molecule has 0 spiro atoms. The lowest BCUT2D eigenvalue weighted by atomic mass is 9.94. The van der Waals surface area contributed by atoms with Crippen molar-refractivity contribution in [3.63, 3.8) is 0 Å². The van der Waals surface area contributed by atoms with Crippen LogP contribution in [0.3, 0.4) is 0 Å². The van der Waals surface area contributed by atoms with Gasteiger partial charge in [-0.05, 0) is 0 Å². The molecule has 30 rings (SSSR count). The zero-order chi connectivity index (χ0) is 64.1. The van der Waals surface area contributed by atoms with Gasteiger partial charge in [-0.15, -0.1) is 0 Å². The summed E-state index contributed by atoms with van der Waals surface area (Å²) in [4.78, 5) is 0. The minimum Gasteiger partial charge on any atom is -0.394 e. The van der Waals surface area contributed by atoms with Crippen LogP contribution in [0.1, 0.15) is 0 Å². The highest BCUT2D eigenvalue weighted by Crippen LogP contribution is 2.39. The number of aliphatic hydroxyl groups is 22. The third-order valence-electron chi connectivity index (χ3n) is 17.0. The van der Waals surface area contributed by atoms with E-state index in [1.54, 1.807) is 0 Å². The van der Waals surface area contributed by atoms with Crippen LogP contribution in [0.25, 0.3) is 0 Å². The van der Waals surface area contributed by atoms with Crippen molar-refractivity contribution in [2.45, 2.75) is 246 Å². The van der Waals surface area contributed by atoms with Crippen molar-refractivity contribution < 1.29 is 188 Å². The summed E-state index contributed by atoms with van der Waals surface area (Å²) >= 11 is 0. The van der Waals surface area contributed by atoms with Crippen LogP contribution in [0, 0.1) is 0 Å². The van der Waals surface area contributed by atoms with Gasteiger partial charge in [0.05, 0.1) is 39.6 Å². The van der Waals surface area contributed by atoms with Gasteiger partial charge in [0.25, 0.3) is 0 Å². The van der Waals surface area contributed by atoms with Crippen LogP contribution in [0.5, 0.6) is 0 Å². The molecule has 88 heavy (non-hydrogen) atoms. The molecular formula is C48H82N2O38. The second-order valence-corrected chi connectivity index (χ2v) is 22.6. The maximum atomic E-state index is 11.5. The Morgan fingerprint density at radius 3 is 0.398 bits per heavy atom. The van der Waals surface area contributed by atoms with Crippen molar-refractivity contribution in [3.8, 4) is 0 Å². The zero-order valence-electron chi connectivity index (χ0n) is 46.3. The van der Waals surface area contributed by atoms with Crippen LogP contribution in [-0.2, 0) is 75.8 Å². The molecule has 30 aliphatic rings. The molecule has 30 saturated heterocycles. The highest BCUT2D eigenvalue weighted by molar-refractivity contribution is 5.02. The summed E-state index contributed by atoms with van der Waals surface area (Å²) in [7, 11) is 0. The van der Waals surface area contributed by atoms with Crippen molar-refractivity contribution in [3.05, 3.63) is 0 Å². The predicted octanol–water partition coefficient (Wildman–Crippen LogP) is -17.5. The summed E-state index contributed by atoms with van der Waals surface area (Å²) in [5, 5.41) is 245. The van der Waals surface area contributed by atoms with E-state index in [9.17, 15) is 112 Å². The van der Waals surface area contributed by atoms with Crippen LogP contribution in [0.15, 0.2) is 0 Å². The molecule has 0 unspecified atom stereocenters. The summed E-state index contributed by atoms with van der Waals surface area (Å²) in [6, 6.07) is 0. The monoisotopic (exact) mass is 1290 g/mol. The van der Waals surface area contributed by atoms with Gasteiger partial charge >= 0.3 is 0 Å². The zero-order valence-corrected chi connectivity index (χ0v) is 46.3. The highest BCUT2D eigenvalue weighted by Gasteiger charge is 2.60. The van der Waals surface area contributed by atoms with E-state index in [0.29, 0.717) is 0 Å². The van der Waals surface area contributed by atoms with Gasteiger partial charge in [0.1, 0.15) is 195 Å². The lowest BCUT2D eigenvalue weighted by molar-refractivity contribution is -0.402. The standard InChI is InChI=1S/C48H82N2O38/c49-1-9-33-18(58)26(66)42(74-9)84-36-12(4-52)78-46(30(70)22(36)62)87-39-15(7-55)80-48(32(72)24(39)64)88-40-16(8-56)79-47(31(71)23(40)63)86-38-14(6-54)76-44(28(68)20(38)60)82-34-10(2-50)73-41(25(65)17(34)57)83-35-11(3-51)77-45(29(69)21(35)61)85-37-13(5-53)75-43(81-33)27(67)19(37)59/h9-48,51-72H,1-8,49-50H2/t9-,10-,11-,12-,13-,14-,15-,16-,17-,18-,19-,20-,21-,22-,23-,24-,25-,26-,27-,28-,29-,30-,31-,32-,33-,34-,35-,36-,37-,38-,39-,40-,41-,42-,43-,44-,45-,46-,47-,48-/m1/s1. The Kier molecular flexibility index (Phi) is 24.1. The quantitative estimate of drug-likeness (QED) is 0.107. The Morgan fingerprint density at radius 2 is 0.284 bits per heavy atom. The SMILES string of the molecule is NC[C@H]1O[C@@H]2O[C@H]3[C@H](O)[C@@H](O)[C@@H](O[C@H]4[C@H](O)[C@@H](O)[C@@H](O[C@H]5[C@H](O)[C@@H](O)[C@@H](O[C@H]6[C@H](O)[C@@H](O)[C@@H](O[C@H]7[C@H](O)[C@@H](O)[C@@H](O[C@H]8[C@H](O)[C@@H](O)[C@@H](O[C@H]9[C@H](O)[C@@H](O)[C@@H](O[C@H]1[C@H](O)[C@H]2O)O[C@@H]9CO)O[C@@H]8CO)O[C@@H]7CN)O[C@@H]6CO)O[C@@H]5CO)O[C@@H]4CO)O[C@@H]3CO. The van der Waals surface area contributed by atoms with Crippen LogP contribution in [-0.4, -0.2) is 411 Å². The van der Waals surface area contributed by atoms with Crippen LogP contribution in [0.2, 0.25) is 0 Å².